The molecule has 0 bridgehead atoms. The van der Waals surface area contributed by atoms with Crippen LogP contribution in [-0.2, 0) is 0 Å². The summed E-state index contributed by atoms with van der Waals surface area (Å²) in [7, 11) is 0. The van der Waals surface area contributed by atoms with E-state index in [-0.39, 0.29) is 0 Å². The zero-order valence-corrected chi connectivity index (χ0v) is 9.34. The van der Waals surface area contributed by atoms with Gasteiger partial charge in [-0.1, -0.05) is 50.6 Å². The van der Waals surface area contributed by atoms with Crippen molar-refractivity contribution in [1.29, 1.82) is 0 Å². The number of nitrogens with zero attached hydrogens (tertiary/aromatic N) is 2. The lowest BCUT2D eigenvalue weighted by Gasteiger charge is -1.99. The van der Waals surface area contributed by atoms with Crippen molar-refractivity contribution in [3.8, 4) is 0 Å². The summed E-state index contributed by atoms with van der Waals surface area (Å²) in [6, 6.07) is 0. The highest BCUT2D eigenvalue weighted by atomic mass is 14.8. The van der Waals surface area contributed by atoms with Gasteiger partial charge in [-0.3, -0.25) is 9.98 Å². The van der Waals surface area contributed by atoms with Crippen LogP contribution in [0.2, 0.25) is 0 Å². The largest absolute Gasteiger partial charge is 0.255 e. The highest BCUT2D eigenvalue weighted by Gasteiger charge is 1.98. The van der Waals surface area contributed by atoms with Gasteiger partial charge < -0.3 is 0 Å². The zero-order valence-electron chi connectivity index (χ0n) is 9.34. The highest BCUT2D eigenvalue weighted by molar-refractivity contribution is 6.09. The first kappa shape index (κ1) is 13.8. The molecular formula is C14H16N2. The van der Waals surface area contributed by atoms with Crippen LogP contribution in [0.5, 0.6) is 0 Å². The van der Waals surface area contributed by atoms with Crippen LogP contribution in [0.3, 0.4) is 0 Å². The van der Waals surface area contributed by atoms with E-state index in [1.807, 2.05) is 0 Å². The Balaban J connectivity index is 5.25. The number of hydrogen-bond donors (Lipinski definition) is 0. The van der Waals surface area contributed by atoms with E-state index in [1.165, 1.54) is 6.20 Å². The summed E-state index contributed by atoms with van der Waals surface area (Å²) in [6.45, 7) is 14.4. The van der Waals surface area contributed by atoms with Crippen molar-refractivity contribution >= 4 is 11.9 Å². The molecule has 0 aliphatic heterocycles. The molecule has 0 N–H and O–H groups in total. The monoisotopic (exact) mass is 212 g/mol. The molecule has 0 saturated heterocycles. The van der Waals surface area contributed by atoms with Crippen LogP contribution >= 0.6 is 0 Å². The van der Waals surface area contributed by atoms with Gasteiger partial charge in [0.25, 0.3) is 0 Å². The first-order valence-corrected chi connectivity index (χ1v) is 4.76. The first-order chi connectivity index (χ1) is 7.79. The van der Waals surface area contributed by atoms with Gasteiger partial charge in [0.1, 0.15) is 0 Å². The van der Waals surface area contributed by atoms with Gasteiger partial charge in [0, 0.05) is 12.4 Å². The number of hydrogen-bond acceptors (Lipinski definition) is 2. The minimum Gasteiger partial charge on any atom is -0.255 e. The minimum atomic E-state index is 0.688. The number of aliphatic imine (C=N–C) groups is 2. The second-order valence-electron chi connectivity index (χ2n) is 2.59. The average Bonchev–Trinajstić information content (AvgIpc) is 2.30. The average molecular weight is 212 g/mol. The summed E-state index contributed by atoms with van der Waals surface area (Å²) < 4.78 is 0. The molecule has 16 heavy (non-hydrogen) atoms. The molecule has 0 heterocycles. The van der Waals surface area contributed by atoms with Gasteiger partial charge in [0.15, 0.2) is 0 Å². The molecule has 0 aromatic carbocycles. The Morgan fingerprint density at radius 3 is 2.19 bits per heavy atom. The maximum Gasteiger partial charge on any atom is 0.0885 e. The molecule has 0 saturated carbocycles. The van der Waals surface area contributed by atoms with E-state index in [0.717, 1.165) is 0 Å². The van der Waals surface area contributed by atoms with Crippen LogP contribution in [0, 0.1) is 0 Å². The molecule has 0 amide bonds. The van der Waals surface area contributed by atoms with Gasteiger partial charge in [-0.25, -0.2) is 0 Å². The van der Waals surface area contributed by atoms with Gasteiger partial charge in [0.05, 0.1) is 11.4 Å². The fourth-order valence-corrected chi connectivity index (χ4v) is 0.891. The van der Waals surface area contributed by atoms with Crippen molar-refractivity contribution in [2.45, 2.75) is 0 Å². The SMILES string of the molecule is C=C\C=C/C(=N\C=C)C(=C/C=C)/N=C\C=C. The summed E-state index contributed by atoms with van der Waals surface area (Å²) in [5.41, 5.74) is 1.38. The molecular weight excluding hydrogens is 196 g/mol. The standard InChI is InChI=1S/C14H16N2/c1-5-9-11-14(15-8-4)13(10-6-2)16-12-7-3/h5-12H,1-4H2/b11-9-,13-10-,15-14+,16-12-. The van der Waals surface area contributed by atoms with E-state index in [9.17, 15) is 0 Å². The molecule has 0 fully saturated rings. The summed E-state index contributed by atoms with van der Waals surface area (Å²) in [6.07, 6.45) is 13.3. The van der Waals surface area contributed by atoms with E-state index in [4.69, 9.17) is 0 Å². The van der Waals surface area contributed by atoms with Crippen LogP contribution in [-0.4, -0.2) is 11.9 Å². The van der Waals surface area contributed by atoms with Crippen molar-refractivity contribution < 1.29 is 0 Å². The molecule has 0 spiro atoms. The molecule has 2 nitrogen and oxygen atoms in total. The predicted molar refractivity (Wildman–Crippen MR) is 73.9 cm³/mol. The first-order valence-electron chi connectivity index (χ1n) is 4.76. The van der Waals surface area contributed by atoms with E-state index >= 15 is 0 Å². The van der Waals surface area contributed by atoms with E-state index in [2.05, 4.69) is 36.3 Å². The van der Waals surface area contributed by atoms with Crippen molar-refractivity contribution in [2.24, 2.45) is 9.98 Å². The van der Waals surface area contributed by atoms with Crippen LogP contribution < -0.4 is 0 Å². The molecule has 0 aromatic rings. The predicted octanol–water partition coefficient (Wildman–Crippen LogP) is 3.64. The van der Waals surface area contributed by atoms with Crippen molar-refractivity contribution in [3.05, 3.63) is 74.7 Å². The van der Waals surface area contributed by atoms with Gasteiger partial charge in [-0.2, -0.15) is 0 Å². The number of allylic oxidation sites excluding steroid dienone is 6. The van der Waals surface area contributed by atoms with Crippen LogP contribution in [0.1, 0.15) is 0 Å². The fourth-order valence-electron chi connectivity index (χ4n) is 0.891. The smallest absolute Gasteiger partial charge is 0.0885 e. The molecule has 0 unspecified atom stereocenters. The Hall–Kier alpha value is -2.22. The second-order valence-corrected chi connectivity index (χ2v) is 2.59. The minimum absolute atomic E-state index is 0.688. The van der Waals surface area contributed by atoms with Gasteiger partial charge in [-0.05, 0) is 12.2 Å². The Kier molecular flexibility index (Phi) is 8.04. The van der Waals surface area contributed by atoms with Gasteiger partial charge in [-0.15, -0.1) is 0 Å². The lowest BCUT2D eigenvalue weighted by atomic mass is 10.2. The molecule has 0 aliphatic rings. The topological polar surface area (TPSA) is 24.7 Å². The van der Waals surface area contributed by atoms with Gasteiger partial charge in [0.2, 0.25) is 0 Å². The Morgan fingerprint density at radius 2 is 1.69 bits per heavy atom. The summed E-state index contributed by atoms with van der Waals surface area (Å²) in [5.74, 6) is 0. The molecule has 0 atom stereocenters. The maximum absolute atomic E-state index is 4.19. The lowest BCUT2D eigenvalue weighted by molar-refractivity contribution is 1.44. The normalized spacial score (nSPS) is 13.0. The zero-order chi connectivity index (χ0) is 12.2. The summed E-state index contributed by atoms with van der Waals surface area (Å²) in [4.78, 5) is 8.30. The third kappa shape index (κ3) is 5.50. The van der Waals surface area contributed by atoms with Crippen LogP contribution in [0.4, 0.5) is 0 Å². The number of rotatable bonds is 7. The Labute approximate surface area is 97.1 Å². The Bertz CT molecular complexity index is 342. The Morgan fingerprint density at radius 1 is 0.938 bits per heavy atom. The summed E-state index contributed by atoms with van der Waals surface area (Å²) >= 11 is 0. The molecule has 2 heteroatoms. The van der Waals surface area contributed by atoms with Gasteiger partial charge >= 0.3 is 0 Å². The molecule has 0 radical (unpaired) electrons. The summed E-state index contributed by atoms with van der Waals surface area (Å²) in [5, 5.41) is 0. The van der Waals surface area contributed by atoms with Crippen molar-refractivity contribution in [2.75, 3.05) is 0 Å². The second kappa shape index (κ2) is 9.34. The quantitative estimate of drug-likeness (QED) is 0.454. The molecule has 0 aliphatic carbocycles. The van der Waals surface area contributed by atoms with Crippen LogP contribution in [0.15, 0.2) is 84.7 Å². The van der Waals surface area contributed by atoms with Crippen LogP contribution in [0.25, 0.3) is 0 Å². The fraction of sp³-hybridized carbons (Fsp3) is 0. The molecule has 0 rings (SSSR count). The van der Waals surface area contributed by atoms with Crippen molar-refractivity contribution in [1.82, 2.24) is 0 Å². The third-order valence-electron chi connectivity index (χ3n) is 1.48. The van der Waals surface area contributed by atoms with Crippen molar-refractivity contribution in [3.63, 3.8) is 0 Å². The van der Waals surface area contributed by atoms with E-state index in [1.54, 1.807) is 42.7 Å². The molecule has 82 valence electrons. The highest BCUT2D eigenvalue weighted by Crippen LogP contribution is 2.03. The van der Waals surface area contributed by atoms with E-state index in [0.29, 0.717) is 11.4 Å². The maximum atomic E-state index is 4.19. The van der Waals surface area contributed by atoms with E-state index < -0.39 is 0 Å². The lowest BCUT2D eigenvalue weighted by Crippen LogP contribution is -1.96. The third-order valence-corrected chi connectivity index (χ3v) is 1.48. The molecule has 0 aromatic heterocycles.